The van der Waals surface area contributed by atoms with Gasteiger partial charge >= 0.3 is 0 Å². The fourth-order valence-corrected chi connectivity index (χ4v) is 5.38. The minimum atomic E-state index is -3.23. The molecule has 0 aliphatic carbocycles. The number of hydrogen-bond donors (Lipinski definition) is 2. The topological polar surface area (TPSA) is 125 Å². The van der Waals surface area contributed by atoms with Crippen molar-refractivity contribution in [1.29, 1.82) is 0 Å². The molecule has 0 amide bonds. The van der Waals surface area contributed by atoms with Crippen LogP contribution in [-0.2, 0) is 23.0 Å². The molecule has 3 heterocycles. The van der Waals surface area contributed by atoms with E-state index >= 15 is 0 Å². The fourth-order valence-electron chi connectivity index (χ4n) is 3.06. The second-order valence-electron chi connectivity index (χ2n) is 6.59. The van der Waals surface area contributed by atoms with Crippen molar-refractivity contribution < 1.29 is 13.2 Å². The van der Waals surface area contributed by atoms with Crippen LogP contribution in [0.15, 0.2) is 28.5 Å². The lowest BCUT2D eigenvalue weighted by atomic mass is 10.2. The number of nitrogens with two attached hydrogens (primary N) is 1. The predicted octanol–water partition coefficient (Wildman–Crippen LogP) is 2.04. The van der Waals surface area contributed by atoms with Crippen LogP contribution >= 0.6 is 34.4 Å². The molecule has 0 bridgehead atoms. The summed E-state index contributed by atoms with van der Waals surface area (Å²) in [6, 6.07) is 4.18. The molecule has 0 unspecified atom stereocenters. The molecule has 1 aliphatic rings. The molecule has 4 rings (SSSR count). The third kappa shape index (κ3) is 4.59. The average molecular weight is 546 g/mol. The lowest BCUT2D eigenvalue weighted by Gasteiger charge is -2.10. The third-order valence-electron chi connectivity index (χ3n) is 4.39. The van der Waals surface area contributed by atoms with Gasteiger partial charge in [-0.15, -0.1) is 0 Å². The molecule has 9 nitrogen and oxygen atoms in total. The standard InChI is InChI=1S/C17H19IN6O3S2/c1-29(25,26)22-4-2-5-24-16-14(15(19)20-9-21-16)23-17(24)28-13-8-12-10(3-6-27-12)7-11(13)18/h7-9,22H,2-6H2,1H3,(H2,19,20,21). The quantitative estimate of drug-likeness (QED) is 0.341. The van der Waals surface area contributed by atoms with Gasteiger partial charge in [-0.2, -0.15) is 0 Å². The number of nitrogens with zero attached hydrogens (tertiary/aromatic N) is 4. The van der Waals surface area contributed by atoms with Gasteiger partial charge < -0.3 is 15.0 Å². The van der Waals surface area contributed by atoms with Crippen molar-refractivity contribution in [3.05, 3.63) is 27.6 Å². The first-order valence-corrected chi connectivity index (χ1v) is 12.6. The number of halogens is 1. The van der Waals surface area contributed by atoms with E-state index < -0.39 is 10.0 Å². The zero-order valence-corrected chi connectivity index (χ0v) is 19.3. The summed E-state index contributed by atoms with van der Waals surface area (Å²) in [5.74, 6) is 1.23. The van der Waals surface area contributed by atoms with Gasteiger partial charge in [0.05, 0.1) is 12.9 Å². The molecule has 2 aromatic heterocycles. The molecule has 0 radical (unpaired) electrons. The van der Waals surface area contributed by atoms with Gasteiger partial charge in [0.1, 0.15) is 12.1 Å². The Bertz CT molecular complexity index is 1180. The highest BCUT2D eigenvalue weighted by atomic mass is 127. The monoisotopic (exact) mass is 546 g/mol. The minimum Gasteiger partial charge on any atom is -0.493 e. The maximum atomic E-state index is 11.3. The minimum absolute atomic E-state index is 0.317. The summed E-state index contributed by atoms with van der Waals surface area (Å²) < 4.78 is 33.9. The third-order valence-corrected chi connectivity index (χ3v) is 7.43. The van der Waals surface area contributed by atoms with Gasteiger partial charge in [-0.05, 0) is 46.7 Å². The molecule has 29 heavy (non-hydrogen) atoms. The summed E-state index contributed by atoms with van der Waals surface area (Å²) in [6.07, 6.45) is 4.06. The summed E-state index contributed by atoms with van der Waals surface area (Å²) in [7, 11) is -3.23. The first-order valence-electron chi connectivity index (χ1n) is 8.86. The Morgan fingerprint density at radius 3 is 3.00 bits per heavy atom. The number of aromatic nitrogens is 4. The Labute approximate surface area is 186 Å². The van der Waals surface area contributed by atoms with Crippen LogP contribution in [0.5, 0.6) is 5.75 Å². The maximum Gasteiger partial charge on any atom is 0.208 e. The number of nitrogen functional groups attached to an aromatic ring is 1. The van der Waals surface area contributed by atoms with E-state index in [0.717, 1.165) is 32.0 Å². The Morgan fingerprint density at radius 2 is 2.21 bits per heavy atom. The Morgan fingerprint density at radius 1 is 1.38 bits per heavy atom. The van der Waals surface area contributed by atoms with Crippen LogP contribution in [-0.4, -0.2) is 47.3 Å². The predicted molar refractivity (Wildman–Crippen MR) is 120 cm³/mol. The molecular formula is C17H19IN6O3S2. The Kier molecular flexibility index (Phi) is 5.86. The van der Waals surface area contributed by atoms with E-state index in [-0.39, 0.29) is 0 Å². The van der Waals surface area contributed by atoms with Crippen molar-refractivity contribution in [2.24, 2.45) is 0 Å². The normalized spacial score (nSPS) is 13.6. The Balaban J connectivity index is 1.65. The lowest BCUT2D eigenvalue weighted by Crippen LogP contribution is -2.24. The molecule has 1 aromatic carbocycles. The lowest BCUT2D eigenvalue weighted by molar-refractivity contribution is 0.356. The summed E-state index contributed by atoms with van der Waals surface area (Å²) in [4.78, 5) is 14.1. The van der Waals surface area contributed by atoms with Crippen LogP contribution in [0.2, 0.25) is 0 Å². The number of nitrogens with one attached hydrogen (secondary N) is 1. The van der Waals surface area contributed by atoms with Crippen LogP contribution in [0.4, 0.5) is 5.82 Å². The van der Waals surface area contributed by atoms with Crippen molar-refractivity contribution >= 4 is 61.4 Å². The Hall–Kier alpha value is -1.64. The first-order chi connectivity index (χ1) is 13.8. The molecule has 12 heteroatoms. The molecule has 1 aliphatic heterocycles. The van der Waals surface area contributed by atoms with E-state index in [1.54, 1.807) is 0 Å². The second kappa shape index (κ2) is 8.24. The highest BCUT2D eigenvalue weighted by Gasteiger charge is 2.20. The molecule has 3 aromatic rings. The molecular weight excluding hydrogens is 527 g/mol. The largest absolute Gasteiger partial charge is 0.493 e. The van der Waals surface area contributed by atoms with Crippen LogP contribution in [0.3, 0.4) is 0 Å². The van der Waals surface area contributed by atoms with Gasteiger partial charge in [0, 0.05) is 28.0 Å². The number of benzene rings is 1. The molecule has 0 fully saturated rings. The van der Waals surface area contributed by atoms with Crippen LogP contribution < -0.4 is 15.2 Å². The van der Waals surface area contributed by atoms with Crippen LogP contribution in [0.1, 0.15) is 12.0 Å². The van der Waals surface area contributed by atoms with E-state index in [9.17, 15) is 8.42 Å². The number of ether oxygens (including phenoxy) is 1. The van der Waals surface area contributed by atoms with Crippen LogP contribution in [0.25, 0.3) is 11.2 Å². The second-order valence-corrected chi connectivity index (χ2v) is 10.6. The highest BCUT2D eigenvalue weighted by molar-refractivity contribution is 14.1. The summed E-state index contributed by atoms with van der Waals surface area (Å²) in [6.45, 7) is 1.57. The SMILES string of the molecule is CS(=O)(=O)NCCCn1c(Sc2cc3c(cc2I)CCO3)nc2c(N)ncnc21. The fraction of sp³-hybridized carbons (Fsp3) is 0.353. The number of rotatable bonds is 7. The zero-order chi connectivity index (χ0) is 20.6. The number of anilines is 1. The van der Waals surface area contributed by atoms with Gasteiger partial charge in [-0.25, -0.2) is 28.1 Å². The van der Waals surface area contributed by atoms with E-state index in [1.807, 2.05) is 10.6 Å². The van der Waals surface area contributed by atoms with Gasteiger partial charge in [0.25, 0.3) is 0 Å². The van der Waals surface area contributed by atoms with E-state index in [2.05, 4.69) is 48.3 Å². The number of aryl methyl sites for hydroxylation is 1. The summed E-state index contributed by atoms with van der Waals surface area (Å²) in [5, 5.41) is 0.724. The van der Waals surface area contributed by atoms with Gasteiger partial charge in [0.2, 0.25) is 10.0 Å². The van der Waals surface area contributed by atoms with E-state index in [4.69, 9.17) is 10.5 Å². The van der Waals surface area contributed by atoms with Crippen LogP contribution in [0, 0.1) is 3.57 Å². The van der Waals surface area contributed by atoms with E-state index in [1.165, 1.54) is 23.7 Å². The van der Waals surface area contributed by atoms with Crippen molar-refractivity contribution in [3.63, 3.8) is 0 Å². The van der Waals surface area contributed by atoms with Gasteiger partial charge in [-0.3, -0.25) is 0 Å². The maximum absolute atomic E-state index is 11.3. The number of imidazole rings is 1. The molecule has 0 spiro atoms. The number of fused-ring (bicyclic) bond motifs is 2. The number of hydrogen-bond acceptors (Lipinski definition) is 8. The molecule has 3 N–H and O–H groups in total. The smallest absolute Gasteiger partial charge is 0.208 e. The first kappa shape index (κ1) is 20.6. The van der Waals surface area contributed by atoms with Crippen molar-refractivity contribution in [2.45, 2.75) is 29.4 Å². The average Bonchev–Trinajstić information content (AvgIpc) is 3.23. The van der Waals surface area contributed by atoms with Crippen molar-refractivity contribution in [2.75, 3.05) is 25.1 Å². The molecule has 0 saturated heterocycles. The molecule has 154 valence electrons. The van der Waals surface area contributed by atoms with Crippen molar-refractivity contribution in [1.82, 2.24) is 24.2 Å². The summed E-state index contributed by atoms with van der Waals surface area (Å²) in [5.41, 5.74) is 8.39. The zero-order valence-electron chi connectivity index (χ0n) is 15.6. The highest BCUT2D eigenvalue weighted by Crippen LogP contribution is 2.38. The van der Waals surface area contributed by atoms with Gasteiger partial charge in [-0.1, -0.05) is 11.8 Å². The van der Waals surface area contributed by atoms with Gasteiger partial charge in [0.15, 0.2) is 22.1 Å². The summed E-state index contributed by atoms with van der Waals surface area (Å²) >= 11 is 3.83. The number of sulfonamides is 1. The molecule has 0 atom stereocenters. The van der Waals surface area contributed by atoms with E-state index in [0.29, 0.717) is 43.1 Å². The molecule has 0 saturated carbocycles. The van der Waals surface area contributed by atoms with Crippen molar-refractivity contribution in [3.8, 4) is 5.75 Å².